The van der Waals surface area contributed by atoms with E-state index in [9.17, 15) is 18.8 Å². The molecule has 0 fully saturated rings. The van der Waals surface area contributed by atoms with Gasteiger partial charge in [0.05, 0.1) is 0 Å². The van der Waals surface area contributed by atoms with Crippen molar-refractivity contribution in [1.29, 1.82) is 0 Å². The molecule has 4 aromatic rings. The first-order valence-corrected chi connectivity index (χ1v) is 14.2. The number of nitrogens with zero attached hydrogens (tertiary/aromatic N) is 2. The van der Waals surface area contributed by atoms with Crippen LogP contribution in [0.4, 0.5) is 4.39 Å². The number of hydrogen-bond acceptors (Lipinski definition) is 4. The van der Waals surface area contributed by atoms with Crippen LogP contribution in [0.3, 0.4) is 0 Å². The van der Waals surface area contributed by atoms with E-state index in [4.69, 9.17) is 5.73 Å². The van der Waals surface area contributed by atoms with Gasteiger partial charge in [-0.05, 0) is 46.0 Å². The van der Waals surface area contributed by atoms with Crippen LogP contribution >= 0.6 is 0 Å². The second kappa shape index (κ2) is 14.4. The topological polar surface area (TPSA) is 95.7 Å². The Kier molecular flexibility index (Phi) is 10.4. The van der Waals surface area contributed by atoms with E-state index in [1.165, 1.54) is 30.0 Å². The Labute approximate surface area is 252 Å². The van der Waals surface area contributed by atoms with Gasteiger partial charge in [0, 0.05) is 46.1 Å². The monoisotopic (exact) mass is 580 g/mol. The summed E-state index contributed by atoms with van der Waals surface area (Å²) in [6.07, 6.45) is 0.181. The average Bonchev–Trinajstić information content (AvgIpc) is 3.06. The summed E-state index contributed by atoms with van der Waals surface area (Å²) in [7, 11) is 4.57. The number of rotatable bonds is 11. The smallest absolute Gasteiger partial charge is 0.254 e. The van der Waals surface area contributed by atoms with Crippen LogP contribution in [0.15, 0.2) is 103 Å². The van der Waals surface area contributed by atoms with Crippen molar-refractivity contribution < 1.29 is 18.8 Å². The number of hydrogen-bond donors (Lipinski definition) is 2. The van der Waals surface area contributed by atoms with E-state index in [2.05, 4.69) is 5.32 Å². The van der Waals surface area contributed by atoms with Gasteiger partial charge >= 0.3 is 0 Å². The maximum Gasteiger partial charge on any atom is 0.254 e. The summed E-state index contributed by atoms with van der Waals surface area (Å²) in [5, 5.41) is 2.59. The molecule has 0 bridgehead atoms. The maximum atomic E-state index is 14.6. The fraction of sp³-hybridized carbons (Fsp3) is 0.229. The molecular weight excluding hydrogens is 543 g/mol. The van der Waals surface area contributed by atoms with Crippen LogP contribution in [0.5, 0.6) is 0 Å². The Bertz CT molecular complexity index is 1560. The van der Waals surface area contributed by atoms with E-state index in [0.717, 1.165) is 22.3 Å². The summed E-state index contributed by atoms with van der Waals surface area (Å²) in [4.78, 5) is 43.6. The van der Waals surface area contributed by atoms with Crippen molar-refractivity contribution in [3.05, 3.63) is 131 Å². The molecule has 0 aromatic heterocycles. The Morgan fingerprint density at radius 3 is 2.05 bits per heavy atom. The molecule has 0 aliphatic heterocycles. The highest BCUT2D eigenvalue weighted by molar-refractivity contribution is 5.98. The van der Waals surface area contributed by atoms with Crippen LogP contribution in [-0.4, -0.2) is 60.7 Å². The highest BCUT2D eigenvalue weighted by Gasteiger charge is 2.35. The molecule has 2 atom stereocenters. The van der Waals surface area contributed by atoms with Crippen molar-refractivity contribution >= 4 is 17.7 Å². The molecule has 4 rings (SSSR count). The lowest BCUT2D eigenvalue weighted by Gasteiger charge is -2.34. The molecule has 0 heterocycles. The standard InChI is InChI=1S/C35H37FN4O3/c1-38-33(41)31(22-28-13-7-8-15-30(28)36)39(2)35(43)32(40(3)34(42)29-14-9-10-25(20-29)23-37)21-24-16-18-27(19-17-24)26-11-5-4-6-12-26/h4-20,31-32H,21-23,37H2,1-3H3,(H,38,41)/t31-,32-/m1/s1. The first kappa shape index (κ1) is 31.1. The van der Waals surface area contributed by atoms with Gasteiger partial charge in [-0.3, -0.25) is 14.4 Å². The number of nitrogens with two attached hydrogens (primary N) is 1. The van der Waals surface area contributed by atoms with Crippen LogP contribution < -0.4 is 11.1 Å². The lowest BCUT2D eigenvalue weighted by Crippen LogP contribution is -2.55. The summed E-state index contributed by atoms with van der Waals surface area (Å²) in [6.45, 7) is 0.271. The summed E-state index contributed by atoms with van der Waals surface area (Å²) < 4.78 is 14.6. The Morgan fingerprint density at radius 1 is 0.744 bits per heavy atom. The van der Waals surface area contributed by atoms with Crippen LogP contribution in [0.1, 0.15) is 27.0 Å². The lowest BCUT2D eigenvalue weighted by atomic mass is 9.97. The molecule has 0 aliphatic carbocycles. The minimum atomic E-state index is -0.999. The van der Waals surface area contributed by atoms with Gasteiger partial charge in [-0.15, -0.1) is 0 Å². The third-order valence-electron chi connectivity index (χ3n) is 7.71. The van der Waals surface area contributed by atoms with Gasteiger partial charge in [-0.1, -0.05) is 84.9 Å². The second-order valence-corrected chi connectivity index (χ2v) is 10.5. The number of carbonyl (C=O) groups excluding carboxylic acids is 3. The quantitative estimate of drug-likeness (QED) is 0.274. The molecule has 7 nitrogen and oxygen atoms in total. The van der Waals surface area contributed by atoms with Crippen LogP contribution in [0, 0.1) is 5.82 Å². The Hall–Kier alpha value is -4.82. The first-order chi connectivity index (χ1) is 20.7. The van der Waals surface area contributed by atoms with Crippen LogP contribution in [0.25, 0.3) is 11.1 Å². The number of halogens is 1. The highest BCUT2D eigenvalue weighted by atomic mass is 19.1. The molecule has 3 amide bonds. The maximum absolute atomic E-state index is 14.6. The summed E-state index contributed by atoms with van der Waals surface area (Å²) in [5.41, 5.74) is 10.2. The minimum absolute atomic E-state index is 0.0245. The van der Waals surface area contributed by atoms with Gasteiger partial charge in [0.15, 0.2) is 0 Å². The fourth-order valence-corrected chi connectivity index (χ4v) is 5.09. The van der Waals surface area contributed by atoms with Gasteiger partial charge in [0.2, 0.25) is 11.8 Å². The minimum Gasteiger partial charge on any atom is -0.357 e. The van der Waals surface area contributed by atoms with Crippen LogP contribution in [0.2, 0.25) is 0 Å². The molecule has 3 N–H and O–H groups in total. The first-order valence-electron chi connectivity index (χ1n) is 14.2. The molecular formula is C35H37FN4O3. The molecule has 0 aliphatic rings. The van der Waals surface area contributed by atoms with Gasteiger partial charge in [0.1, 0.15) is 17.9 Å². The number of carbonyl (C=O) groups is 3. The van der Waals surface area contributed by atoms with Gasteiger partial charge in [-0.2, -0.15) is 0 Å². The van der Waals surface area contributed by atoms with Crippen molar-refractivity contribution in [2.24, 2.45) is 5.73 Å². The molecule has 0 unspecified atom stereocenters. The average molecular weight is 581 g/mol. The molecule has 4 aromatic carbocycles. The largest absolute Gasteiger partial charge is 0.357 e. The van der Waals surface area contributed by atoms with E-state index < -0.39 is 29.7 Å². The third kappa shape index (κ3) is 7.53. The predicted octanol–water partition coefficient (Wildman–Crippen LogP) is 4.45. The zero-order valence-electron chi connectivity index (χ0n) is 24.7. The van der Waals surface area contributed by atoms with E-state index in [-0.39, 0.29) is 25.3 Å². The lowest BCUT2D eigenvalue weighted by molar-refractivity contribution is -0.142. The Balaban J connectivity index is 1.67. The summed E-state index contributed by atoms with van der Waals surface area (Å²) >= 11 is 0. The molecule has 43 heavy (non-hydrogen) atoms. The van der Waals surface area contributed by atoms with Crippen molar-refractivity contribution in [2.75, 3.05) is 21.1 Å². The Morgan fingerprint density at radius 2 is 1.40 bits per heavy atom. The van der Waals surface area contributed by atoms with Crippen molar-refractivity contribution in [1.82, 2.24) is 15.1 Å². The van der Waals surface area contributed by atoms with Gasteiger partial charge in [-0.25, -0.2) is 4.39 Å². The fourth-order valence-electron chi connectivity index (χ4n) is 5.09. The number of benzene rings is 4. The predicted molar refractivity (Wildman–Crippen MR) is 167 cm³/mol. The summed E-state index contributed by atoms with van der Waals surface area (Å²) in [6, 6.07) is 29.0. The van der Waals surface area contributed by atoms with Gasteiger partial charge < -0.3 is 20.9 Å². The molecule has 0 saturated carbocycles. The molecule has 0 saturated heterocycles. The highest BCUT2D eigenvalue weighted by Crippen LogP contribution is 2.22. The molecule has 0 radical (unpaired) electrons. The van der Waals surface area contributed by atoms with E-state index >= 15 is 0 Å². The zero-order valence-corrected chi connectivity index (χ0v) is 24.7. The third-order valence-corrected chi connectivity index (χ3v) is 7.71. The van der Waals surface area contributed by atoms with Crippen molar-refractivity contribution in [3.8, 4) is 11.1 Å². The van der Waals surface area contributed by atoms with Crippen molar-refractivity contribution in [2.45, 2.75) is 31.5 Å². The zero-order chi connectivity index (χ0) is 30.9. The number of nitrogens with one attached hydrogen (secondary N) is 1. The summed E-state index contributed by atoms with van der Waals surface area (Å²) in [5.74, 6) is -1.69. The molecule has 222 valence electrons. The van der Waals surface area contributed by atoms with Crippen molar-refractivity contribution in [3.63, 3.8) is 0 Å². The van der Waals surface area contributed by atoms with Crippen LogP contribution in [-0.2, 0) is 29.0 Å². The normalized spacial score (nSPS) is 12.2. The number of likely N-dealkylation sites (N-methyl/N-ethyl adjacent to an activating group) is 3. The number of amides is 3. The van der Waals surface area contributed by atoms with Gasteiger partial charge in [0.25, 0.3) is 5.91 Å². The van der Waals surface area contributed by atoms with E-state index in [1.54, 1.807) is 43.4 Å². The molecule has 8 heteroatoms. The van der Waals surface area contributed by atoms with E-state index in [1.807, 2.05) is 60.7 Å². The SMILES string of the molecule is CNC(=O)[C@@H](Cc1ccccc1F)N(C)C(=O)[C@@H](Cc1ccc(-c2ccccc2)cc1)N(C)C(=O)c1cccc(CN)c1. The van der Waals surface area contributed by atoms with E-state index in [0.29, 0.717) is 11.1 Å². The molecule has 0 spiro atoms. The second-order valence-electron chi connectivity index (χ2n) is 10.5.